The largest absolute Gasteiger partial charge is 0.423 e. The number of aliphatic hydroxyl groups is 1. The number of nitrogens with zero attached hydrogens (tertiary/aromatic N) is 5. The number of hydrogen-bond donors (Lipinski definition) is 3. The number of anilines is 2. The molecule has 3 atom stereocenters. The minimum atomic E-state index is -4.90. The lowest BCUT2D eigenvalue weighted by Crippen LogP contribution is -2.59. The van der Waals surface area contributed by atoms with Gasteiger partial charge in [0.25, 0.3) is 11.1 Å². The number of aromatic nitrogens is 5. The molecule has 3 aromatic heterocycles. The van der Waals surface area contributed by atoms with Crippen molar-refractivity contribution in [3.8, 4) is 11.4 Å². The molecule has 3 N–H and O–H groups in total. The fraction of sp³-hybridized carbons (Fsp3) is 0.393. The molecule has 0 spiro atoms. The highest BCUT2D eigenvalue weighted by molar-refractivity contribution is 5.86. The molecule has 1 fully saturated rings. The quantitative estimate of drug-likeness (QED) is 0.239. The van der Waals surface area contributed by atoms with Crippen molar-refractivity contribution in [3.05, 3.63) is 74.4 Å². The van der Waals surface area contributed by atoms with E-state index in [4.69, 9.17) is 0 Å². The van der Waals surface area contributed by atoms with Crippen molar-refractivity contribution in [2.45, 2.75) is 63.8 Å². The van der Waals surface area contributed by atoms with Crippen molar-refractivity contribution in [2.24, 2.45) is 0 Å². The molecule has 5 rings (SSSR count). The van der Waals surface area contributed by atoms with Crippen molar-refractivity contribution >= 4 is 22.3 Å². The lowest BCUT2D eigenvalue weighted by molar-refractivity contribution is -0.138. The third-order valence-electron chi connectivity index (χ3n) is 7.66. The van der Waals surface area contributed by atoms with Crippen LogP contribution in [0.15, 0.2) is 46.4 Å². The Hall–Kier alpha value is -4.54. The summed E-state index contributed by atoms with van der Waals surface area (Å²) in [5, 5.41) is 17.9. The van der Waals surface area contributed by atoms with Gasteiger partial charge in [-0.2, -0.15) is 31.4 Å². The molecule has 17 heteroatoms. The minimum Gasteiger partial charge on any atom is -0.389 e. The van der Waals surface area contributed by atoms with Crippen LogP contribution in [0.4, 0.5) is 42.2 Å². The van der Waals surface area contributed by atoms with Gasteiger partial charge in [-0.1, -0.05) is 0 Å². The summed E-state index contributed by atoms with van der Waals surface area (Å²) < 4.78 is 97.5. The number of alkyl halides is 6. The van der Waals surface area contributed by atoms with E-state index in [1.807, 2.05) is 0 Å². The highest BCUT2D eigenvalue weighted by Crippen LogP contribution is 2.39. The molecule has 0 bridgehead atoms. The lowest BCUT2D eigenvalue weighted by atomic mass is 10.0. The molecule has 4 heterocycles. The number of pyridine rings is 1. The second-order valence-electron chi connectivity index (χ2n) is 10.8. The van der Waals surface area contributed by atoms with E-state index in [0.29, 0.717) is 19.0 Å². The Bertz CT molecular complexity index is 1860. The highest BCUT2D eigenvalue weighted by Gasteiger charge is 2.43. The number of aromatic amines is 1. The molecule has 1 aliphatic rings. The second kappa shape index (κ2) is 11.8. The van der Waals surface area contributed by atoms with Gasteiger partial charge < -0.3 is 19.9 Å². The summed E-state index contributed by atoms with van der Waals surface area (Å²) in [7, 11) is 0. The number of aliphatic hydroxyl groups excluding tert-OH is 1. The first-order valence-electron chi connectivity index (χ1n) is 13.7. The Labute approximate surface area is 249 Å². The third-order valence-corrected chi connectivity index (χ3v) is 7.66. The van der Waals surface area contributed by atoms with Crippen molar-refractivity contribution in [1.29, 1.82) is 0 Å². The molecule has 240 valence electrons. The maximum absolute atomic E-state index is 15.3. The van der Waals surface area contributed by atoms with Crippen LogP contribution < -0.4 is 21.3 Å². The Morgan fingerprint density at radius 1 is 1.13 bits per heavy atom. The van der Waals surface area contributed by atoms with Crippen molar-refractivity contribution in [3.63, 3.8) is 0 Å². The summed E-state index contributed by atoms with van der Waals surface area (Å²) in [6.45, 7) is 3.17. The van der Waals surface area contributed by atoms with Crippen molar-refractivity contribution in [1.82, 2.24) is 24.7 Å². The third kappa shape index (κ3) is 6.34. The van der Waals surface area contributed by atoms with Gasteiger partial charge in [-0.25, -0.2) is 19.5 Å². The molecule has 0 saturated carbocycles. The van der Waals surface area contributed by atoms with E-state index < -0.39 is 70.1 Å². The van der Waals surface area contributed by atoms with Crippen LogP contribution in [0.3, 0.4) is 0 Å². The SMILES string of the molecule is C[C@@H](CCCn1ccc2cc(-c3ncc(C(F)(F)F)c(N4C[C@@H](O)[C@@H]4C)n3)c(F)cc2c1=O)Nc1cn[nH]c(=O)c1C(F)(F)F. The zero-order valence-electron chi connectivity index (χ0n) is 23.7. The summed E-state index contributed by atoms with van der Waals surface area (Å²) in [6, 6.07) is 2.53. The molecule has 1 aromatic carbocycles. The number of halogens is 7. The van der Waals surface area contributed by atoms with Crippen LogP contribution in [0.5, 0.6) is 0 Å². The van der Waals surface area contributed by atoms with Gasteiger partial charge in [0.2, 0.25) is 0 Å². The van der Waals surface area contributed by atoms with Crippen LogP contribution in [0.25, 0.3) is 22.2 Å². The molecular formula is C28H26F7N7O3. The van der Waals surface area contributed by atoms with Gasteiger partial charge in [0.05, 0.1) is 35.0 Å². The maximum atomic E-state index is 15.3. The van der Waals surface area contributed by atoms with E-state index in [2.05, 4.69) is 20.4 Å². The van der Waals surface area contributed by atoms with Crippen LogP contribution in [0.2, 0.25) is 0 Å². The molecule has 0 amide bonds. The van der Waals surface area contributed by atoms with Crippen LogP contribution in [0, 0.1) is 5.82 Å². The standard InChI is InChI=1S/C28H26F7N7O3/c1-13(38-20-11-37-40-25(44)22(20)28(33,34)35)4-3-6-41-7-5-15-8-17(19(29)9-16(15)26(41)45)23-36-10-18(27(30,31)32)24(39-23)42-12-21(43)14(42)2/h5,7-11,13-14,21,43H,3-4,6,12H2,1-2H3,(H2,38,40,44)/t13-,14-,21+/m0/s1. The van der Waals surface area contributed by atoms with Crippen LogP contribution in [-0.4, -0.2) is 54.6 Å². The van der Waals surface area contributed by atoms with Gasteiger partial charge in [0.15, 0.2) is 5.82 Å². The average Bonchev–Trinajstić information content (AvgIpc) is 2.95. The van der Waals surface area contributed by atoms with Gasteiger partial charge in [-0.05, 0) is 50.3 Å². The predicted molar refractivity (Wildman–Crippen MR) is 149 cm³/mol. The van der Waals surface area contributed by atoms with Gasteiger partial charge in [0, 0.05) is 31.5 Å². The number of rotatable bonds is 8. The smallest absolute Gasteiger partial charge is 0.389 e. The number of benzene rings is 1. The first-order chi connectivity index (χ1) is 21.1. The normalized spacial score (nSPS) is 17.8. The van der Waals surface area contributed by atoms with Crippen molar-refractivity contribution < 1.29 is 35.8 Å². The fourth-order valence-corrected chi connectivity index (χ4v) is 5.14. The number of fused-ring (bicyclic) bond motifs is 1. The minimum absolute atomic E-state index is 0.0130. The van der Waals surface area contributed by atoms with Gasteiger partial charge >= 0.3 is 12.4 Å². The number of H-pyrrole nitrogens is 1. The molecule has 0 radical (unpaired) electrons. The molecule has 1 aliphatic heterocycles. The monoisotopic (exact) mass is 641 g/mol. The van der Waals surface area contributed by atoms with E-state index in [1.165, 1.54) is 34.7 Å². The summed E-state index contributed by atoms with van der Waals surface area (Å²) in [5.41, 5.74) is -5.18. The topological polar surface area (TPSA) is 129 Å². The van der Waals surface area contributed by atoms with Crippen molar-refractivity contribution in [2.75, 3.05) is 16.8 Å². The second-order valence-corrected chi connectivity index (χ2v) is 10.8. The zero-order chi connectivity index (χ0) is 32.8. The number of β-amino-alcohol motifs (C(OH)–C–C–N with tert-alkyl or cyclic N) is 1. The molecular weight excluding hydrogens is 615 g/mol. The van der Waals surface area contributed by atoms with E-state index >= 15 is 4.39 Å². The number of aryl methyl sites for hydroxylation is 1. The highest BCUT2D eigenvalue weighted by atomic mass is 19.4. The number of nitrogens with one attached hydrogen (secondary N) is 2. The zero-order valence-corrected chi connectivity index (χ0v) is 23.7. The lowest BCUT2D eigenvalue weighted by Gasteiger charge is -2.45. The van der Waals surface area contributed by atoms with Crippen LogP contribution >= 0.6 is 0 Å². The molecule has 0 unspecified atom stereocenters. The summed E-state index contributed by atoms with van der Waals surface area (Å²) >= 11 is 0. The maximum Gasteiger partial charge on any atom is 0.423 e. The Morgan fingerprint density at radius 3 is 2.51 bits per heavy atom. The average molecular weight is 642 g/mol. The van der Waals surface area contributed by atoms with E-state index in [9.17, 15) is 41.0 Å². The summed E-state index contributed by atoms with van der Waals surface area (Å²) in [6.07, 6.45) is -7.06. The Morgan fingerprint density at radius 2 is 1.87 bits per heavy atom. The molecule has 0 aliphatic carbocycles. The van der Waals surface area contributed by atoms with Crippen LogP contribution in [0.1, 0.15) is 37.8 Å². The van der Waals surface area contributed by atoms with Gasteiger partial charge in [-0.15, -0.1) is 0 Å². The first kappa shape index (κ1) is 31.9. The van der Waals surface area contributed by atoms with E-state index in [1.54, 1.807) is 12.0 Å². The Balaban J connectivity index is 1.35. The first-order valence-corrected chi connectivity index (χ1v) is 13.7. The molecule has 10 nitrogen and oxygen atoms in total. The number of hydrogen-bond acceptors (Lipinski definition) is 8. The van der Waals surface area contributed by atoms with Gasteiger partial charge in [-0.3, -0.25) is 9.59 Å². The summed E-state index contributed by atoms with van der Waals surface area (Å²) in [4.78, 5) is 33.8. The fourth-order valence-electron chi connectivity index (χ4n) is 5.14. The molecule has 45 heavy (non-hydrogen) atoms. The van der Waals surface area contributed by atoms with Gasteiger partial charge in [0.1, 0.15) is 22.8 Å². The Kier molecular flexibility index (Phi) is 8.33. The van der Waals surface area contributed by atoms with E-state index in [-0.39, 0.29) is 35.2 Å². The predicted octanol–water partition coefficient (Wildman–Crippen LogP) is 4.57. The van der Waals surface area contributed by atoms with Crippen LogP contribution in [-0.2, 0) is 18.9 Å². The van der Waals surface area contributed by atoms with E-state index in [0.717, 1.165) is 12.3 Å². The summed E-state index contributed by atoms with van der Waals surface area (Å²) in [5.74, 6) is -1.76. The molecule has 4 aromatic rings. The molecule has 1 saturated heterocycles.